The maximum Gasteiger partial charge on any atom is 0.397 e. The Balaban J connectivity index is 1.66. The molecule has 8 nitrogen and oxygen atoms in total. The molecule has 0 aliphatic carbocycles. The first-order chi connectivity index (χ1) is 12.5. The van der Waals surface area contributed by atoms with Gasteiger partial charge in [0.15, 0.2) is 0 Å². The van der Waals surface area contributed by atoms with E-state index in [2.05, 4.69) is 20.3 Å². The normalized spacial score (nSPS) is 16.6. The smallest absolute Gasteiger partial charge is 0.397 e. The number of rotatable bonds is 4. The van der Waals surface area contributed by atoms with Crippen molar-refractivity contribution in [3.8, 4) is 0 Å². The van der Waals surface area contributed by atoms with E-state index in [0.29, 0.717) is 23.0 Å². The van der Waals surface area contributed by atoms with Crippen LogP contribution < -0.4 is 10.2 Å². The molecule has 0 saturated carbocycles. The van der Waals surface area contributed by atoms with Crippen LogP contribution in [0.1, 0.15) is 24.3 Å². The van der Waals surface area contributed by atoms with Crippen LogP contribution in [0.2, 0.25) is 5.02 Å². The minimum Gasteiger partial charge on any atom is -0.459 e. The van der Waals surface area contributed by atoms with Crippen LogP contribution in [0, 0.1) is 0 Å². The summed E-state index contributed by atoms with van der Waals surface area (Å²) in [5.74, 6) is -2.04. The topological polar surface area (TPSA) is 101 Å². The second-order valence-electron chi connectivity index (χ2n) is 5.50. The molecule has 1 atom stereocenters. The molecule has 136 valence electrons. The van der Waals surface area contributed by atoms with Crippen molar-refractivity contribution in [2.45, 2.75) is 19.3 Å². The highest BCUT2D eigenvalue weighted by molar-refractivity contribution is 7.15. The van der Waals surface area contributed by atoms with Crippen molar-refractivity contribution in [3.05, 3.63) is 34.3 Å². The fourth-order valence-electron chi connectivity index (χ4n) is 2.54. The van der Waals surface area contributed by atoms with Crippen LogP contribution in [0.25, 0.3) is 0 Å². The number of carbonyl (C=O) groups is 3. The lowest BCUT2D eigenvalue weighted by atomic mass is 10.1. The van der Waals surface area contributed by atoms with E-state index >= 15 is 0 Å². The molecule has 10 heteroatoms. The molecule has 1 aliphatic rings. The van der Waals surface area contributed by atoms with Gasteiger partial charge in [0.2, 0.25) is 11.0 Å². The summed E-state index contributed by atoms with van der Waals surface area (Å²) in [5.41, 5.74) is 0.766. The molecule has 2 aromatic rings. The number of hydrogen-bond donors (Lipinski definition) is 1. The minimum absolute atomic E-state index is 0.0235. The number of nitrogens with zero attached hydrogens (tertiary/aromatic N) is 3. The van der Waals surface area contributed by atoms with Gasteiger partial charge in [0, 0.05) is 29.6 Å². The van der Waals surface area contributed by atoms with Gasteiger partial charge in [-0.3, -0.25) is 14.9 Å². The molecule has 0 spiro atoms. The fraction of sp³-hybridized carbons (Fsp3) is 0.312. The number of esters is 1. The Kier molecular flexibility index (Phi) is 5.48. The van der Waals surface area contributed by atoms with Crippen LogP contribution in [-0.4, -0.2) is 41.1 Å². The largest absolute Gasteiger partial charge is 0.459 e. The maximum absolute atomic E-state index is 12.3. The Labute approximate surface area is 158 Å². The van der Waals surface area contributed by atoms with Gasteiger partial charge in [-0.2, -0.15) is 0 Å². The van der Waals surface area contributed by atoms with Gasteiger partial charge in [-0.1, -0.05) is 22.9 Å². The Bertz CT molecular complexity index is 839. The summed E-state index contributed by atoms with van der Waals surface area (Å²) < 4.78 is 4.61. The van der Waals surface area contributed by atoms with Crippen LogP contribution in [0.5, 0.6) is 0 Å². The lowest BCUT2D eigenvalue weighted by molar-refractivity contribution is -0.152. The van der Waals surface area contributed by atoms with Gasteiger partial charge in [-0.05, 0) is 31.2 Å². The molecule has 0 radical (unpaired) electrons. The van der Waals surface area contributed by atoms with E-state index in [4.69, 9.17) is 11.6 Å². The predicted molar refractivity (Wildman–Crippen MR) is 96.3 cm³/mol. The van der Waals surface area contributed by atoms with Crippen LogP contribution in [0.4, 0.5) is 10.8 Å². The molecular weight excluding hydrogens is 380 g/mol. The Hall–Kier alpha value is -2.52. The Morgan fingerprint density at radius 2 is 2.08 bits per heavy atom. The molecule has 0 bridgehead atoms. The average molecular weight is 395 g/mol. The Morgan fingerprint density at radius 3 is 2.77 bits per heavy atom. The second kappa shape index (κ2) is 7.79. The van der Waals surface area contributed by atoms with Crippen LogP contribution in [-0.2, 0) is 19.1 Å². The van der Waals surface area contributed by atoms with Gasteiger partial charge in [-0.25, -0.2) is 4.79 Å². The van der Waals surface area contributed by atoms with Crippen molar-refractivity contribution in [3.63, 3.8) is 0 Å². The SMILES string of the molecule is CCOC(=O)C(=O)Nc1nnc(C2CC(=O)N(c3ccc(Cl)cc3)C2)s1. The first-order valence-electron chi connectivity index (χ1n) is 7.85. The van der Waals surface area contributed by atoms with E-state index in [0.717, 1.165) is 17.0 Å². The molecule has 1 aliphatic heterocycles. The first kappa shape index (κ1) is 18.3. The van der Waals surface area contributed by atoms with Gasteiger partial charge in [0.1, 0.15) is 5.01 Å². The zero-order valence-electron chi connectivity index (χ0n) is 13.8. The number of carbonyl (C=O) groups excluding carboxylic acids is 3. The molecule has 2 heterocycles. The number of aromatic nitrogens is 2. The highest BCUT2D eigenvalue weighted by atomic mass is 35.5. The van der Waals surface area contributed by atoms with Gasteiger partial charge < -0.3 is 9.64 Å². The molecule has 26 heavy (non-hydrogen) atoms. The number of amides is 2. The second-order valence-corrected chi connectivity index (χ2v) is 6.95. The highest BCUT2D eigenvalue weighted by Crippen LogP contribution is 2.34. The lowest BCUT2D eigenvalue weighted by Crippen LogP contribution is -2.24. The summed E-state index contributed by atoms with van der Waals surface area (Å²) in [7, 11) is 0. The van der Waals surface area contributed by atoms with Crippen molar-refractivity contribution < 1.29 is 19.1 Å². The fourth-order valence-corrected chi connectivity index (χ4v) is 3.49. The number of ether oxygens (including phenoxy) is 1. The highest BCUT2D eigenvalue weighted by Gasteiger charge is 2.34. The van der Waals surface area contributed by atoms with E-state index in [-0.39, 0.29) is 23.6 Å². The molecule has 3 rings (SSSR count). The van der Waals surface area contributed by atoms with E-state index in [1.807, 2.05) is 0 Å². The zero-order valence-corrected chi connectivity index (χ0v) is 15.3. The summed E-state index contributed by atoms with van der Waals surface area (Å²) in [6.45, 7) is 2.18. The van der Waals surface area contributed by atoms with Gasteiger partial charge in [0.05, 0.1) is 6.61 Å². The van der Waals surface area contributed by atoms with Crippen molar-refractivity contribution in [2.75, 3.05) is 23.4 Å². The molecule has 1 aromatic heterocycles. The van der Waals surface area contributed by atoms with Gasteiger partial charge in [0.25, 0.3) is 0 Å². The van der Waals surface area contributed by atoms with Crippen LogP contribution in [0.3, 0.4) is 0 Å². The average Bonchev–Trinajstić information content (AvgIpc) is 3.22. The third kappa shape index (κ3) is 4.00. The monoisotopic (exact) mass is 394 g/mol. The standard InChI is InChI=1S/C16H15ClN4O4S/c1-2-25-15(24)13(23)18-16-20-19-14(26-16)9-7-12(22)21(8-9)11-5-3-10(17)4-6-11/h3-6,9H,2,7-8H2,1H3,(H,18,20,23). The Morgan fingerprint density at radius 1 is 1.35 bits per heavy atom. The van der Waals surface area contributed by atoms with E-state index in [9.17, 15) is 14.4 Å². The first-order valence-corrected chi connectivity index (χ1v) is 9.04. The van der Waals surface area contributed by atoms with Crippen molar-refractivity contribution in [1.29, 1.82) is 0 Å². The van der Waals surface area contributed by atoms with Gasteiger partial charge >= 0.3 is 11.9 Å². The number of anilines is 2. The summed E-state index contributed by atoms with van der Waals surface area (Å²) in [6.07, 6.45) is 0.295. The molecule has 1 aromatic carbocycles. The van der Waals surface area contributed by atoms with Crippen LogP contribution >= 0.6 is 22.9 Å². The third-order valence-corrected chi connectivity index (χ3v) is 4.99. The summed E-state index contributed by atoms with van der Waals surface area (Å²) in [6, 6.07) is 7.03. The zero-order chi connectivity index (χ0) is 18.7. The molecule has 1 unspecified atom stereocenters. The van der Waals surface area contributed by atoms with E-state index < -0.39 is 11.9 Å². The minimum atomic E-state index is -0.978. The van der Waals surface area contributed by atoms with E-state index in [1.165, 1.54) is 0 Å². The van der Waals surface area contributed by atoms with E-state index in [1.54, 1.807) is 36.1 Å². The lowest BCUT2D eigenvalue weighted by Gasteiger charge is -2.16. The number of hydrogen-bond acceptors (Lipinski definition) is 7. The predicted octanol–water partition coefficient (Wildman–Crippen LogP) is 2.21. The molecular formula is C16H15ClN4O4S. The van der Waals surface area contributed by atoms with Gasteiger partial charge in [-0.15, -0.1) is 10.2 Å². The summed E-state index contributed by atoms with van der Waals surface area (Å²) >= 11 is 7.01. The van der Waals surface area contributed by atoms with Crippen molar-refractivity contribution in [1.82, 2.24) is 10.2 Å². The number of halogens is 1. The molecule has 1 N–H and O–H groups in total. The molecule has 1 saturated heterocycles. The summed E-state index contributed by atoms with van der Waals surface area (Å²) in [4.78, 5) is 36.9. The summed E-state index contributed by atoms with van der Waals surface area (Å²) in [5, 5.41) is 11.7. The molecule has 1 fully saturated rings. The van der Waals surface area contributed by atoms with Crippen LogP contribution in [0.15, 0.2) is 24.3 Å². The quantitative estimate of drug-likeness (QED) is 0.630. The number of nitrogens with one attached hydrogen (secondary N) is 1. The van der Waals surface area contributed by atoms with Crippen molar-refractivity contribution >= 4 is 51.5 Å². The maximum atomic E-state index is 12.3. The molecule has 2 amide bonds. The third-order valence-electron chi connectivity index (χ3n) is 3.73. The number of benzene rings is 1. The van der Waals surface area contributed by atoms with Crippen molar-refractivity contribution in [2.24, 2.45) is 0 Å².